The first-order valence-corrected chi connectivity index (χ1v) is 4.82. The molecule has 2 rings (SSSR count). The summed E-state index contributed by atoms with van der Waals surface area (Å²) in [6.07, 6.45) is 3.63. The lowest BCUT2D eigenvalue weighted by Crippen LogP contribution is -2.09. The molecule has 0 saturated heterocycles. The Morgan fingerprint density at radius 3 is 2.60 bits per heavy atom. The lowest BCUT2D eigenvalue weighted by atomic mass is 10.1. The summed E-state index contributed by atoms with van der Waals surface area (Å²) in [7, 11) is 5.74. The van der Waals surface area contributed by atoms with E-state index in [1.165, 1.54) is 5.69 Å². The number of aromatic nitrogens is 1. The minimum absolute atomic E-state index is 0.865. The maximum absolute atomic E-state index is 5.30. The fraction of sp³-hybridized carbons (Fsp3) is 0.250. The molecule has 0 amide bonds. The summed E-state index contributed by atoms with van der Waals surface area (Å²) in [5.74, 6) is 0.865. The summed E-state index contributed by atoms with van der Waals surface area (Å²) in [4.78, 5) is 6.21. The smallest absolute Gasteiger partial charge is 0.128 e. The van der Waals surface area contributed by atoms with Crippen molar-refractivity contribution in [2.45, 2.75) is 0 Å². The lowest BCUT2D eigenvalue weighted by Gasteiger charge is -2.16. The number of pyridine rings is 1. The number of benzene rings is 1. The molecule has 0 saturated carbocycles. The van der Waals surface area contributed by atoms with Crippen LogP contribution in [0.4, 0.5) is 5.69 Å². The van der Waals surface area contributed by atoms with Gasteiger partial charge in [0.25, 0.3) is 0 Å². The third-order valence-electron chi connectivity index (χ3n) is 2.46. The molecule has 0 radical (unpaired) electrons. The number of hydrogen-bond donors (Lipinski definition) is 0. The normalized spacial score (nSPS) is 10.3. The Bertz CT molecular complexity index is 480. The highest BCUT2D eigenvalue weighted by Gasteiger charge is 2.06. The first-order valence-electron chi connectivity index (χ1n) is 4.82. The molecule has 1 heterocycles. The minimum atomic E-state index is 0.865. The van der Waals surface area contributed by atoms with E-state index in [0.717, 1.165) is 16.5 Å². The molecule has 0 aliphatic heterocycles. The van der Waals surface area contributed by atoms with Gasteiger partial charge in [-0.05, 0) is 18.2 Å². The van der Waals surface area contributed by atoms with Gasteiger partial charge in [-0.3, -0.25) is 4.98 Å². The topological polar surface area (TPSA) is 25.4 Å². The fourth-order valence-electron chi connectivity index (χ4n) is 1.72. The number of methoxy groups -OCH3 is 1. The number of nitrogens with zero attached hydrogens (tertiary/aromatic N) is 2. The van der Waals surface area contributed by atoms with E-state index in [0.29, 0.717) is 0 Å². The zero-order valence-electron chi connectivity index (χ0n) is 9.19. The van der Waals surface area contributed by atoms with E-state index < -0.39 is 0 Å². The minimum Gasteiger partial charge on any atom is -0.496 e. The van der Waals surface area contributed by atoms with Crippen LogP contribution in [0, 0.1) is 0 Å². The van der Waals surface area contributed by atoms with Gasteiger partial charge in [-0.15, -0.1) is 0 Å². The van der Waals surface area contributed by atoms with Crippen LogP contribution in [0.1, 0.15) is 0 Å². The Morgan fingerprint density at radius 2 is 1.93 bits per heavy atom. The summed E-state index contributed by atoms with van der Waals surface area (Å²) in [5, 5.41) is 2.21. The van der Waals surface area contributed by atoms with Crippen LogP contribution in [-0.2, 0) is 0 Å². The number of ether oxygens (including phenoxy) is 1. The van der Waals surface area contributed by atoms with Crippen LogP contribution in [0.5, 0.6) is 5.75 Å². The fourth-order valence-corrected chi connectivity index (χ4v) is 1.72. The summed E-state index contributed by atoms with van der Waals surface area (Å²) in [6.45, 7) is 0. The van der Waals surface area contributed by atoms with Crippen LogP contribution in [0.25, 0.3) is 10.8 Å². The van der Waals surface area contributed by atoms with Crippen molar-refractivity contribution < 1.29 is 4.74 Å². The molecule has 0 spiro atoms. The number of hydrogen-bond acceptors (Lipinski definition) is 3. The van der Waals surface area contributed by atoms with Gasteiger partial charge in [-0.1, -0.05) is 0 Å². The second kappa shape index (κ2) is 3.77. The van der Waals surface area contributed by atoms with Crippen molar-refractivity contribution in [3.63, 3.8) is 0 Å². The summed E-state index contributed by atoms with van der Waals surface area (Å²) >= 11 is 0. The molecule has 3 heteroatoms. The first-order chi connectivity index (χ1) is 7.24. The molecule has 1 aromatic heterocycles. The zero-order chi connectivity index (χ0) is 10.8. The van der Waals surface area contributed by atoms with Crippen molar-refractivity contribution in [3.05, 3.63) is 30.6 Å². The van der Waals surface area contributed by atoms with E-state index in [1.807, 2.05) is 32.4 Å². The van der Waals surface area contributed by atoms with Gasteiger partial charge in [0.05, 0.1) is 7.11 Å². The molecule has 15 heavy (non-hydrogen) atoms. The molecule has 0 atom stereocenters. The largest absolute Gasteiger partial charge is 0.496 e. The number of fused-ring (bicyclic) bond motifs is 1. The predicted molar refractivity (Wildman–Crippen MR) is 62.6 cm³/mol. The molecule has 0 N–H and O–H groups in total. The average Bonchev–Trinajstić information content (AvgIpc) is 2.27. The molecule has 0 unspecified atom stereocenters. The van der Waals surface area contributed by atoms with Crippen molar-refractivity contribution in [1.82, 2.24) is 4.98 Å². The van der Waals surface area contributed by atoms with E-state index >= 15 is 0 Å². The molecular formula is C12H14N2O. The Hall–Kier alpha value is -1.77. The van der Waals surface area contributed by atoms with Crippen LogP contribution in [-0.4, -0.2) is 26.2 Å². The SMILES string of the molecule is COc1ccc(N(C)C)c2ccncc12. The van der Waals surface area contributed by atoms with Crippen LogP contribution in [0.15, 0.2) is 30.6 Å². The maximum Gasteiger partial charge on any atom is 0.128 e. The number of anilines is 1. The van der Waals surface area contributed by atoms with Crippen LogP contribution >= 0.6 is 0 Å². The van der Waals surface area contributed by atoms with Crippen LogP contribution in [0.2, 0.25) is 0 Å². The highest BCUT2D eigenvalue weighted by atomic mass is 16.5. The Kier molecular flexibility index (Phi) is 2.46. The summed E-state index contributed by atoms with van der Waals surface area (Å²) in [5.41, 5.74) is 1.17. The Morgan fingerprint density at radius 1 is 1.13 bits per heavy atom. The van der Waals surface area contributed by atoms with Gasteiger partial charge < -0.3 is 9.64 Å². The number of rotatable bonds is 2. The maximum atomic E-state index is 5.30. The second-order valence-electron chi connectivity index (χ2n) is 3.60. The predicted octanol–water partition coefficient (Wildman–Crippen LogP) is 2.31. The molecule has 0 fully saturated rings. The molecular weight excluding hydrogens is 188 g/mol. The third-order valence-corrected chi connectivity index (χ3v) is 2.46. The quantitative estimate of drug-likeness (QED) is 0.747. The second-order valence-corrected chi connectivity index (χ2v) is 3.60. The molecule has 1 aromatic carbocycles. The van der Waals surface area contributed by atoms with Gasteiger partial charge in [-0.25, -0.2) is 0 Å². The zero-order valence-corrected chi connectivity index (χ0v) is 9.19. The van der Waals surface area contributed by atoms with Crippen LogP contribution < -0.4 is 9.64 Å². The van der Waals surface area contributed by atoms with Gasteiger partial charge >= 0.3 is 0 Å². The standard InChI is InChI=1S/C12H14N2O/c1-14(2)11-4-5-12(15-3)10-8-13-7-6-9(10)11/h4-8H,1-3H3. The average molecular weight is 202 g/mol. The lowest BCUT2D eigenvalue weighted by molar-refractivity contribution is 0.419. The van der Waals surface area contributed by atoms with Crippen molar-refractivity contribution in [1.29, 1.82) is 0 Å². The molecule has 0 bridgehead atoms. The van der Waals surface area contributed by atoms with Gasteiger partial charge in [-0.2, -0.15) is 0 Å². The monoisotopic (exact) mass is 202 g/mol. The summed E-state index contributed by atoms with van der Waals surface area (Å²) in [6, 6.07) is 6.04. The summed E-state index contributed by atoms with van der Waals surface area (Å²) < 4.78 is 5.30. The highest BCUT2D eigenvalue weighted by molar-refractivity contribution is 5.97. The Labute approximate surface area is 89.3 Å². The van der Waals surface area contributed by atoms with Gasteiger partial charge in [0.15, 0.2) is 0 Å². The van der Waals surface area contributed by atoms with Crippen molar-refractivity contribution >= 4 is 16.5 Å². The van der Waals surface area contributed by atoms with Gasteiger partial charge in [0.1, 0.15) is 5.75 Å². The van der Waals surface area contributed by atoms with Crippen molar-refractivity contribution in [2.75, 3.05) is 26.1 Å². The third kappa shape index (κ3) is 1.61. The van der Waals surface area contributed by atoms with E-state index in [1.54, 1.807) is 13.3 Å². The molecule has 0 aliphatic rings. The van der Waals surface area contributed by atoms with Crippen molar-refractivity contribution in [3.8, 4) is 5.75 Å². The van der Waals surface area contributed by atoms with Gasteiger partial charge in [0.2, 0.25) is 0 Å². The van der Waals surface area contributed by atoms with Crippen LogP contribution in [0.3, 0.4) is 0 Å². The first kappa shape index (κ1) is 9.77. The highest BCUT2D eigenvalue weighted by Crippen LogP contribution is 2.31. The molecule has 2 aromatic rings. The van der Waals surface area contributed by atoms with E-state index in [-0.39, 0.29) is 0 Å². The van der Waals surface area contributed by atoms with E-state index in [2.05, 4.69) is 16.0 Å². The van der Waals surface area contributed by atoms with Crippen molar-refractivity contribution in [2.24, 2.45) is 0 Å². The molecule has 78 valence electrons. The van der Waals surface area contributed by atoms with E-state index in [9.17, 15) is 0 Å². The Balaban J connectivity index is 2.77. The van der Waals surface area contributed by atoms with E-state index in [4.69, 9.17) is 4.74 Å². The molecule has 3 nitrogen and oxygen atoms in total. The van der Waals surface area contributed by atoms with Gasteiger partial charge in [0, 0.05) is 42.9 Å². The molecule has 0 aliphatic carbocycles.